The molecule has 0 saturated heterocycles. The van der Waals surface area contributed by atoms with Crippen molar-refractivity contribution in [1.29, 1.82) is 0 Å². The van der Waals surface area contributed by atoms with Gasteiger partial charge >= 0.3 is 0 Å². The SMILES string of the molecule is CC(C)[C@@H]1COC(c2cc(-c3ccccc3)cc3c2[nH]c2c(C4=N[C@H](C(C)C)CO4)cc(-c4ccccc4)cc23)=N1. The molecule has 0 bridgehead atoms. The number of nitrogens with one attached hydrogen (secondary N) is 1. The van der Waals surface area contributed by atoms with Crippen LogP contribution in [0.15, 0.2) is 94.9 Å². The highest BCUT2D eigenvalue weighted by molar-refractivity contribution is 6.21. The Balaban J connectivity index is 1.53. The summed E-state index contributed by atoms with van der Waals surface area (Å²) >= 11 is 0. The Bertz CT molecular complexity index is 1670. The average Bonchev–Trinajstić information content (AvgIpc) is 3.76. The van der Waals surface area contributed by atoms with E-state index in [2.05, 4.69) is 118 Å². The van der Waals surface area contributed by atoms with Gasteiger partial charge in [0.05, 0.1) is 34.2 Å². The predicted octanol–water partition coefficient (Wildman–Crippen LogP) is 8.26. The number of benzene rings is 4. The highest BCUT2D eigenvalue weighted by atomic mass is 16.5. The summed E-state index contributed by atoms with van der Waals surface area (Å²) in [7, 11) is 0. The molecule has 7 rings (SSSR count). The summed E-state index contributed by atoms with van der Waals surface area (Å²) in [6.45, 7) is 10.0. The van der Waals surface area contributed by atoms with E-state index in [9.17, 15) is 0 Å². The van der Waals surface area contributed by atoms with E-state index in [0.717, 1.165) is 55.2 Å². The minimum absolute atomic E-state index is 0.152. The number of fused-ring (bicyclic) bond motifs is 3. The summed E-state index contributed by atoms with van der Waals surface area (Å²) in [5, 5.41) is 2.27. The predicted molar refractivity (Wildman–Crippen MR) is 169 cm³/mol. The molecule has 0 fully saturated rings. The molecule has 2 aliphatic rings. The van der Waals surface area contributed by atoms with E-state index >= 15 is 0 Å². The van der Waals surface area contributed by atoms with Crippen LogP contribution < -0.4 is 0 Å². The Kier molecular flexibility index (Phi) is 6.38. The van der Waals surface area contributed by atoms with Gasteiger partial charge in [0.2, 0.25) is 11.8 Å². The Morgan fingerprint density at radius 2 is 1.00 bits per heavy atom. The number of nitrogens with zero attached hydrogens (tertiary/aromatic N) is 2. The van der Waals surface area contributed by atoms with Crippen molar-refractivity contribution in [1.82, 2.24) is 4.98 Å². The maximum atomic E-state index is 6.25. The van der Waals surface area contributed by atoms with Gasteiger partial charge < -0.3 is 14.5 Å². The third kappa shape index (κ3) is 4.59. The van der Waals surface area contributed by atoms with Gasteiger partial charge in [-0.1, -0.05) is 88.4 Å². The summed E-state index contributed by atoms with van der Waals surface area (Å²) in [5.41, 5.74) is 8.60. The molecule has 0 unspecified atom stereocenters. The molecular formula is C36H35N3O2. The van der Waals surface area contributed by atoms with E-state index in [-0.39, 0.29) is 12.1 Å². The molecular weight excluding hydrogens is 506 g/mol. The van der Waals surface area contributed by atoms with Crippen molar-refractivity contribution in [3.8, 4) is 22.3 Å². The second-order valence-corrected chi connectivity index (χ2v) is 11.9. The van der Waals surface area contributed by atoms with Crippen LogP contribution >= 0.6 is 0 Å². The van der Waals surface area contributed by atoms with Crippen LogP contribution in [0, 0.1) is 11.8 Å². The molecule has 5 nitrogen and oxygen atoms in total. The summed E-state index contributed by atoms with van der Waals surface area (Å²) in [6, 6.07) is 30.4. The quantitative estimate of drug-likeness (QED) is 0.235. The van der Waals surface area contributed by atoms with Crippen molar-refractivity contribution in [3.63, 3.8) is 0 Å². The van der Waals surface area contributed by atoms with E-state index < -0.39 is 0 Å². The molecule has 5 heteroatoms. The third-order valence-corrected chi connectivity index (χ3v) is 8.38. The topological polar surface area (TPSA) is 59.0 Å². The molecule has 206 valence electrons. The number of hydrogen-bond donors (Lipinski definition) is 1. The molecule has 5 aromatic rings. The second-order valence-electron chi connectivity index (χ2n) is 11.9. The molecule has 4 aromatic carbocycles. The van der Waals surface area contributed by atoms with Gasteiger partial charge in [0, 0.05) is 10.8 Å². The monoisotopic (exact) mass is 541 g/mol. The first-order chi connectivity index (χ1) is 20.0. The normalized spacial score (nSPS) is 18.7. The van der Waals surface area contributed by atoms with Gasteiger partial charge in [-0.3, -0.25) is 0 Å². The highest BCUT2D eigenvalue weighted by Gasteiger charge is 2.28. The van der Waals surface area contributed by atoms with Crippen molar-refractivity contribution in [3.05, 3.63) is 96.1 Å². The zero-order chi connectivity index (χ0) is 28.1. The third-order valence-electron chi connectivity index (χ3n) is 8.38. The number of aromatic nitrogens is 1. The molecule has 3 heterocycles. The van der Waals surface area contributed by atoms with Crippen LogP contribution in [0.1, 0.15) is 38.8 Å². The summed E-state index contributed by atoms with van der Waals surface area (Å²) in [5.74, 6) is 2.23. The van der Waals surface area contributed by atoms with Gasteiger partial charge in [-0.2, -0.15) is 0 Å². The first-order valence-electron chi connectivity index (χ1n) is 14.6. The first kappa shape index (κ1) is 25.6. The second kappa shape index (κ2) is 10.2. The molecule has 2 atom stereocenters. The Hall–Kier alpha value is -4.38. The Morgan fingerprint density at radius 3 is 1.37 bits per heavy atom. The minimum Gasteiger partial charge on any atom is -0.475 e. The molecule has 0 radical (unpaired) electrons. The lowest BCUT2D eigenvalue weighted by molar-refractivity contribution is 0.292. The number of aromatic amines is 1. The lowest BCUT2D eigenvalue weighted by Crippen LogP contribution is -2.13. The minimum atomic E-state index is 0.152. The van der Waals surface area contributed by atoms with Crippen LogP contribution in [0.25, 0.3) is 44.1 Å². The molecule has 0 aliphatic carbocycles. The van der Waals surface area contributed by atoms with Crippen LogP contribution in [0.5, 0.6) is 0 Å². The molecule has 0 amide bonds. The Morgan fingerprint density at radius 1 is 0.585 bits per heavy atom. The zero-order valence-corrected chi connectivity index (χ0v) is 24.0. The van der Waals surface area contributed by atoms with E-state index in [4.69, 9.17) is 19.5 Å². The fourth-order valence-corrected chi connectivity index (χ4v) is 5.79. The molecule has 1 aromatic heterocycles. The van der Waals surface area contributed by atoms with E-state index in [1.165, 1.54) is 0 Å². The number of ether oxygens (including phenoxy) is 2. The van der Waals surface area contributed by atoms with Crippen molar-refractivity contribution in [2.45, 2.75) is 39.8 Å². The van der Waals surface area contributed by atoms with Crippen molar-refractivity contribution < 1.29 is 9.47 Å². The van der Waals surface area contributed by atoms with Crippen molar-refractivity contribution in [2.24, 2.45) is 21.8 Å². The maximum Gasteiger partial charge on any atom is 0.218 e. The number of H-pyrrole nitrogens is 1. The lowest BCUT2D eigenvalue weighted by Gasteiger charge is -2.09. The first-order valence-corrected chi connectivity index (χ1v) is 14.6. The summed E-state index contributed by atoms with van der Waals surface area (Å²) < 4.78 is 12.5. The van der Waals surface area contributed by atoms with Crippen LogP contribution in [-0.2, 0) is 9.47 Å². The van der Waals surface area contributed by atoms with Gasteiger partial charge in [-0.15, -0.1) is 0 Å². The summed E-state index contributed by atoms with van der Waals surface area (Å²) in [6.07, 6.45) is 0. The van der Waals surface area contributed by atoms with Crippen LogP contribution in [0.2, 0.25) is 0 Å². The van der Waals surface area contributed by atoms with Gasteiger partial charge in [-0.25, -0.2) is 9.98 Å². The van der Waals surface area contributed by atoms with E-state index in [1.807, 2.05) is 0 Å². The number of aliphatic imine (C=N–C) groups is 2. The van der Waals surface area contributed by atoms with Crippen LogP contribution in [-0.4, -0.2) is 42.1 Å². The molecule has 2 aliphatic heterocycles. The van der Waals surface area contributed by atoms with Crippen LogP contribution in [0.4, 0.5) is 0 Å². The fraction of sp³-hybridized carbons (Fsp3) is 0.278. The van der Waals surface area contributed by atoms with Gasteiger partial charge in [0.1, 0.15) is 13.2 Å². The standard InChI is InChI=1S/C36H35N3O2/c1-21(2)31-19-40-35(37-31)29-17-25(23-11-7-5-8-12-23)15-27-28-16-26(24-13-9-6-10-14-24)18-30(34(28)39-33(27)29)36-38-32(20-41-36)22(3)4/h5-18,21-22,31-32,39H,19-20H2,1-4H3/t31-,32-/m0/s1. The zero-order valence-electron chi connectivity index (χ0n) is 24.0. The largest absolute Gasteiger partial charge is 0.475 e. The lowest BCUT2D eigenvalue weighted by atomic mass is 9.96. The Labute approximate surface area is 241 Å². The molecule has 1 N–H and O–H groups in total. The van der Waals surface area contributed by atoms with E-state index in [1.54, 1.807) is 0 Å². The molecule has 0 saturated carbocycles. The highest BCUT2D eigenvalue weighted by Crippen LogP contribution is 2.38. The number of rotatable bonds is 6. The smallest absolute Gasteiger partial charge is 0.218 e. The maximum absolute atomic E-state index is 6.25. The average molecular weight is 542 g/mol. The van der Waals surface area contributed by atoms with Crippen molar-refractivity contribution >= 4 is 33.6 Å². The van der Waals surface area contributed by atoms with Crippen LogP contribution in [0.3, 0.4) is 0 Å². The van der Waals surface area contributed by atoms with Gasteiger partial charge in [0.25, 0.3) is 0 Å². The molecule has 0 spiro atoms. The molecule has 41 heavy (non-hydrogen) atoms. The van der Waals surface area contributed by atoms with Gasteiger partial charge in [-0.05, 0) is 58.4 Å². The van der Waals surface area contributed by atoms with E-state index in [0.29, 0.717) is 36.8 Å². The summed E-state index contributed by atoms with van der Waals surface area (Å²) in [4.78, 5) is 13.9. The number of hydrogen-bond acceptors (Lipinski definition) is 4. The van der Waals surface area contributed by atoms with Crippen molar-refractivity contribution in [2.75, 3.05) is 13.2 Å². The van der Waals surface area contributed by atoms with Gasteiger partial charge in [0.15, 0.2) is 0 Å². The fourth-order valence-electron chi connectivity index (χ4n) is 5.79.